The summed E-state index contributed by atoms with van der Waals surface area (Å²) in [5.41, 5.74) is 2.20. The van der Waals surface area contributed by atoms with Gasteiger partial charge in [-0.05, 0) is 18.2 Å². The average molecular weight is 210 g/mol. The molecule has 0 aromatic heterocycles. The van der Waals surface area contributed by atoms with E-state index >= 15 is 0 Å². The van der Waals surface area contributed by atoms with Gasteiger partial charge in [0.05, 0.1) is 12.6 Å². The molecule has 1 radical (unpaired) electrons. The predicted octanol–water partition coefficient (Wildman–Crippen LogP) is 0.979. The summed E-state index contributed by atoms with van der Waals surface area (Å²) in [6.07, 6.45) is 0. The largest absolute Gasteiger partial charge is 0.495 e. The SMILES string of the molecule is COc1cc[c]cc1N(C=S)N(C)N. The van der Waals surface area contributed by atoms with Crippen LogP contribution in [0.1, 0.15) is 0 Å². The molecule has 0 unspecified atom stereocenters. The van der Waals surface area contributed by atoms with Gasteiger partial charge < -0.3 is 4.74 Å². The minimum atomic E-state index is 0.696. The van der Waals surface area contributed by atoms with Crippen molar-refractivity contribution in [3.63, 3.8) is 0 Å². The van der Waals surface area contributed by atoms with Crippen LogP contribution in [0, 0.1) is 6.07 Å². The van der Waals surface area contributed by atoms with Gasteiger partial charge in [-0.25, -0.2) is 0 Å². The van der Waals surface area contributed by atoms with Gasteiger partial charge in [-0.1, -0.05) is 18.3 Å². The Morgan fingerprint density at radius 3 is 2.86 bits per heavy atom. The van der Waals surface area contributed by atoms with Crippen LogP contribution in [-0.4, -0.2) is 24.8 Å². The van der Waals surface area contributed by atoms with Crippen molar-refractivity contribution in [2.75, 3.05) is 19.2 Å². The zero-order valence-corrected chi connectivity index (χ0v) is 8.91. The molecular formula is C9H12N3OS. The van der Waals surface area contributed by atoms with Crippen LogP contribution in [0.3, 0.4) is 0 Å². The number of hydrazine groups is 2. The molecular weight excluding hydrogens is 198 g/mol. The second kappa shape index (κ2) is 4.90. The number of anilines is 1. The van der Waals surface area contributed by atoms with E-state index in [0.717, 1.165) is 5.69 Å². The average Bonchev–Trinajstić information content (AvgIpc) is 2.19. The van der Waals surface area contributed by atoms with Crippen molar-refractivity contribution in [1.29, 1.82) is 0 Å². The van der Waals surface area contributed by atoms with Crippen LogP contribution in [0.15, 0.2) is 18.2 Å². The second-order valence-electron chi connectivity index (χ2n) is 2.62. The fraction of sp³-hybridized carbons (Fsp3) is 0.222. The molecule has 1 rings (SSSR count). The summed E-state index contributed by atoms with van der Waals surface area (Å²) >= 11 is 4.85. The summed E-state index contributed by atoms with van der Waals surface area (Å²) in [6.45, 7) is 0. The molecule has 0 aliphatic heterocycles. The fourth-order valence-electron chi connectivity index (χ4n) is 1.06. The van der Waals surface area contributed by atoms with Crippen molar-refractivity contribution < 1.29 is 4.74 Å². The van der Waals surface area contributed by atoms with E-state index in [0.29, 0.717) is 5.75 Å². The predicted molar refractivity (Wildman–Crippen MR) is 59.9 cm³/mol. The normalized spacial score (nSPS) is 10.0. The third-order valence-electron chi connectivity index (χ3n) is 1.71. The lowest BCUT2D eigenvalue weighted by atomic mass is 10.3. The summed E-state index contributed by atoms with van der Waals surface area (Å²) in [6, 6.07) is 8.25. The van der Waals surface area contributed by atoms with E-state index in [9.17, 15) is 0 Å². The molecule has 2 N–H and O–H groups in total. The molecule has 0 fully saturated rings. The number of hydrogen-bond acceptors (Lipinski definition) is 4. The van der Waals surface area contributed by atoms with Gasteiger partial charge in [0.25, 0.3) is 0 Å². The van der Waals surface area contributed by atoms with Crippen LogP contribution in [0.25, 0.3) is 0 Å². The lowest BCUT2D eigenvalue weighted by Crippen LogP contribution is -2.43. The summed E-state index contributed by atoms with van der Waals surface area (Å²) in [5, 5.41) is 2.96. The molecule has 75 valence electrons. The third kappa shape index (κ3) is 2.20. The second-order valence-corrected chi connectivity index (χ2v) is 2.83. The lowest BCUT2D eigenvalue weighted by Gasteiger charge is -2.26. The highest BCUT2D eigenvalue weighted by Crippen LogP contribution is 2.26. The van der Waals surface area contributed by atoms with Crippen LogP contribution in [0.5, 0.6) is 5.75 Å². The third-order valence-corrected chi connectivity index (χ3v) is 1.91. The number of rotatable bonds is 4. The summed E-state index contributed by atoms with van der Waals surface area (Å²) < 4.78 is 5.17. The molecule has 1 aromatic rings. The van der Waals surface area contributed by atoms with Gasteiger partial charge in [0.1, 0.15) is 11.4 Å². The summed E-state index contributed by atoms with van der Waals surface area (Å²) in [5.74, 6) is 6.29. The van der Waals surface area contributed by atoms with Gasteiger partial charge in [0, 0.05) is 7.05 Å². The van der Waals surface area contributed by atoms with Gasteiger partial charge in [-0.2, -0.15) is 5.12 Å². The Kier molecular flexibility index (Phi) is 3.82. The van der Waals surface area contributed by atoms with Crippen molar-refractivity contribution in [1.82, 2.24) is 5.12 Å². The van der Waals surface area contributed by atoms with Crippen molar-refractivity contribution in [3.8, 4) is 5.75 Å². The smallest absolute Gasteiger partial charge is 0.144 e. The van der Waals surface area contributed by atoms with Crippen molar-refractivity contribution in [2.24, 2.45) is 5.84 Å². The summed E-state index contributed by atoms with van der Waals surface area (Å²) in [4.78, 5) is 0. The quantitative estimate of drug-likeness (QED) is 0.456. The molecule has 0 heterocycles. The maximum absolute atomic E-state index is 5.59. The maximum Gasteiger partial charge on any atom is 0.144 e. The molecule has 0 aliphatic rings. The minimum Gasteiger partial charge on any atom is -0.495 e. The van der Waals surface area contributed by atoms with E-state index in [-0.39, 0.29) is 0 Å². The number of ether oxygens (including phenoxy) is 1. The van der Waals surface area contributed by atoms with Crippen LogP contribution < -0.4 is 15.6 Å². The first-order chi connectivity index (χ1) is 6.70. The molecule has 0 aliphatic carbocycles. The first-order valence-electron chi connectivity index (χ1n) is 3.97. The van der Waals surface area contributed by atoms with Crippen molar-refractivity contribution >= 4 is 23.4 Å². The van der Waals surface area contributed by atoms with E-state index in [1.807, 2.05) is 0 Å². The molecule has 4 nitrogen and oxygen atoms in total. The number of nitrogens with zero attached hydrogens (tertiary/aromatic N) is 2. The van der Waals surface area contributed by atoms with Crippen molar-refractivity contribution in [2.45, 2.75) is 0 Å². The Bertz CT molecular complexity index is 317. The number of methoxy groups -OCH3 is 1. The number of thiocarbonyl (C=S) groups is 1. The molecule has 14 heavy (non-hydrogen) atoms. The van der Waals surface area contributed by atoms with Gasteiger partial charge in [-0.3, -0.25) is 10.9 Å². The standard InChI is InChI=1S/C9H12N3OS/c1-11(10)12(7-14)8-5-3-4-6-9(8)13-2/h4-7H,10H2,1-2H3. The van der Waals surface area contributed by atoms with Gasteiger partial charge >= 0.3 is 0 Å². The van der Waals surface area contributed by atoms with Crippen LogP contribution in [0.2, 0.25) is 0 Å². The Morgan fingerprint density at radius 1 is 1.64 bits per heavy atom. The first-order valence-corrected chi connectivity index (χ1v) is 4.44. The van der Waals surface area contributed by atoms with Crippen molar-refractivity contribution in [3.05, 3.63) is 24.3 Å². The van der Waals surface area contributed by atoms with E-state index in [1.54, 1.807) is 37.4 Å². The van der Waals surface area contributed by atoms with Crippen LogP contribution in [0.4, 0.5) is 5.69 Å². The zero-order chi connectivity index (χ0) is 10.6. The van der Waals surface area contributed by atoms with Gasteiger partial charge in [0.2, 0.25) is 0 Å². The van der Waals surface area contributed by atoms with E-state index in [2.05, 4.69) is 6.07 Å². The molecule has 0 spiro atoms. The topological polar surface area (TPSA) is 41.7 Å². The Morgan fingerprint density at radius 2 is 2.36 bits per heavy atom. The highest BCUT2D eigenvalue weighted by atomic mass is 32.1. The molecule has 1 aromatic carbocycles. The molecule has 0 bridgehead atoms. The first kappa shape index (κ1) is 10.9. The fourth-order valence-corrected chi connectivity index (χ4v) is 1.32. The highest BCUT2D eigenvalue weighted by Gasteiger charge is 2.10. The number of nitrogens with two attached hydrogens (primary N) is 1. The Balaban J connectivity index is 3.08. The van der Waals surface area contributed by atoms with Crippen LogP contribution >= 0.6 is 12.2 Å². The van der Waals surface area contributed by atoms with E-state index in [1.165, 1.54) is 10.6 Å². The Labute approximate surface area is 88.8 Å². The zero-order valence-electron chi connectivity index (χ0n) is 8.10. The molecule has 0 saturated carbocycles. The molecule has 0 saturated heterocycles. The van der Waals surface area contributed by atoms with E-state index < -0.39 is 0 Å². The summed E-state index contributed by atoms with van der Waals surface area (Å²) in [7, 11) is 3.28. The minimum absolute atomic E-state index is 0.696. The molecule has 5 heteroatoms. The highest BCUT2D eigenvalue weighted by molar-refractivity contribution is 7.79. The molecule has 0 atom stereocenters. The van der Waals surface area contributed by atoms with Crippen LogP contribution in [-0.2, 0) is 0 Å². The maximum atomic E-state index is 5.59. The number of benzene rings is 1. The molecule has 0 amide bonds. The Hall–Kier alpha value is -1.17. The van der Waals surface area contributed by atoms with Gasteiger partial charge in [-0.15, -0.1) is 0 Å². The van der Waals surface area contributed by atoms with Gasteiger partial charge in [0.15, 0.2) is 0 Å². The number of hydrogen-bond donors (Lipinski definition) is 1. The van der Waals surface area contributed by atoms with E-state index in [4.69, 9.17) is 22.8 Å². The lowest BCUT2D eigenvalue weighted by molar-refractivity contribution is 0.359. The monoisotopic (exact) mass is 210 g/mol.